The summed E-state index contributed by atoms with van der Waals surface area (Å²) in [7, 11) is 0. The molecule has 1 atom stereocenters. The molecule has 78 valence electrons. The van der Waals surface area contributed by atoms with Crippen LogP contribution in [-0.2, 0) is 5.60 Å². The van der Waals surface area contributed by atoms with E-state index in [2.05, 4.69) is 9.97 Å². The number of hydrogen-bond donors (Lipinski definition) is 2. The van der Waals surface area contributed by atoms with Gasteiger partial charge >= 0.3 is 6.18 Å². The van der Waals surface area contributed by atoms with Gasteiger partial charge in [0.1, 0.15) is 6.33 Å². The Morgan fingerprint density at radius 2 is 1.79 bits per heavy atom. The van der Waals surface area contributed by atoms with E-state index in [4.69, 9.17) is 5.73 Å². The van der Waals surface area contributed by atoms with Crippen molar-refractivity contribution in [2.24, 2.45) is 5.73 Å². The molecule has 0 saturated heterocycles. The Morgan fingerprint density at radius 3 is 2.14 bits per heavy atom. The molecule has 1 aromatic rings. The van der Waals surface area contributed by atoms with Gasteiger partial charge in [-0.2, -0.15) is 13.2 Å². The van der Waals surface area contributed by atoms with Crippen LogP contribution in [0.2, 0.25) is 0 Å². The molecule has 0 bridgehead atoms. The molecule has 0 aromatic carbocycles. The van der Waals surface area contributed by atoms with Crippen LogP contribution in [0.1, 0.15) is 5.56 Å². The molecule has 4 nitrogen and oxygen atoms in total. The molecule has 1 heterocycles. The third kappa shape index (κ3) is 1.68. The van der Waals surface area contributed by atoms with Crippen molar-refractivity contribution in [3.8, 4) is 0 Å². The van der Waals surface area contributed by atoms with Crippen molar-refractivity contribution in [1.82, 2.24) is 9.97 Å². The Morgan fingerprint density at radius 1 is 1.29 bits per heavy atom. The Hall–Kier alpha value is -1.21. The van der Waals surface area contributed by atoms with E-state index in [1.165, 1.54) is 0 Å². The molecule has 1 aromatic heterocycles. The van der Waals surface area contributed by atoms with E-state index in [9.17, 15) is 18.3 Å². The van der Waals surface area contributed by atoms with Crippen molar-refractivity contribution in [3.05, 3.63) is 24.3 Å². The normalized spacial score (nSPS) is 16.4. The fourth-order valence-electron chi connectivity index (χ4n) is 0.910. The van der Waals surface area contributed by atoms with Crippen LogP contribution < -0.4 is 5.73 Å². The second-order valence-electron chi connectivity index (χ2n) is 2.69. The minimum Gasteiger partial charge on any atom is -0.375 e. The third-order valence-electron chi connectivity index (χ3n) is 1.80. The van der Waals surface area contributed by atoms with Crippen LogP contribution in [0, 0.1) is 0 Å². The summed E-state index contributed by atoms with van der Waals surface area (Å²) < 4.78 is 37.2. The lowest BCUT2D eigenvalue weighted by atomic mass is 9.96. The van der Waals surface area contributed by atoms with Gasteiger partial charge in [-0.1, -0.05) is 0 Å². The average molecular weight is 207 g/mol. The molecule has 0 amide bonds. The molecule has 1 rings (SSSR count). The second kappa shape index (κ2) is 3.50. The summed E-state index contributed by atoms with van der Waals surface area (Å²) in [4.78, 5) is 6.77. The lowest BCUT2D eigenvalue weighted by molar-refractivity contribution is -0.262. The number of hydrogen-bond acceptors (Lipinski definition) is 4. The van der Waals surface area contributed by atoms with E-state index < -0.39 is 23.9 Å². The van der Waals surface area contributed by atoms with Gasteiger partial charge < -0.3 is 10.8 Å². The van der Waals surface area contributed by atoms with E-state index >= 15 is 0 Å². The highest BCUT2D eigenvalue weighted by Gasteiger charge is 2.54. The highest BCUT2D eigenvalue weighted by atomic mass is 19.4. The molecule has 14 heavy (non-hydrogen) atoms. The number of nitrogens with two attached hydrogens (primary N) is 1. The highest BCUT2D eigenvalue weighted by molar-refractivity contribution is 5.17. The molecule has 0 saturated carbocycles. The van der Waals surface area contributed by atoms with Crippen molar-refractivity contribution in [2.45, 2.75) is 11.8 Å². The number of rotatable bonds is 2. The first kappa shape index (κ1) is 10.9. The molecule has 0 spiro atoms. The van der Waals surface area contributed by atoms with Crippen molar-refractivity contribution in [1.29, 1.82) is 0 Å². The molecule has 7 heteroatoms. The van der Waals surface area contributed by atoms with Gasteiger partial charge in [-0.25, -0.2) is 9.97 Å². The number of nitrogens with zero attached hydrogens (tertiary/aromatic N) is 2. The van der Waals surface area contributed by atoms with Crippen LogP contribution in [0.25, 0.3) is 0 Å². The zero-order valence-corrected chi connectivity index (χ0v) is 6.99. The van der Waals surface area contributed by atoms with Crippen molar-refractivity contribution >= 4 is 0 Å². The standard InChI is InChI=1S/C7H8F3N3O/c8-7(9,10)6(14,3-11)5-1-12-4-13-2-5/h1-2,4,14H,3,11H2. The molecule has 3 N–H and O–H groups in total. The van der Waals surface area contributed by atoms with E-state index in [1.807, 2.05) is 0 Å². The smallest absolute Gasteiger partial charge is 0.375 e. The molecule has 0 aliphatic rings. The first-order valence-corrected chi connectivity index (χ1v) is 3.66. The largest absolute Gasteiger partial charge is 0.422 e. The van der Waals surface area contributed by atoms with Gasteiger partial charge in [-0.15, -0.1) is 0 Å². The van der Waals surface area contributed by atoms with E-state index in [-0.39, 0.29) is 0 Å². The summed E-state index contributed by atoms with van der Waals surface area (Å²) in [6.45, 7) is -0.968. The summed E-state index contributed by atoms with van der Waals surface area (Å²) in [5, 5.41) is 9.30. The van der Waals surface area contributed by atoms with Crippen LogP contribution in [-0.4, -0.2) is 27.8 Å². The fraction of sp³-hybridized carbons (Fsp3) is 0.429. The van der Waals surface area contributed by atoms with Crippen LogP contribution in [0.15, 0.2) is 18.7 Å². The van der Waals surface area contributed by atoms with Crippen LogP contribution >= 0.6 is 0 Å². The molecule has 0 aliphatic heterocycles. The Bertz CT molecular complexity index is 303. The molecule has 1 unspecified atom stereocenters. The molecule has 0 fully saturated rings. The molecule has 0 aliphatic carbocycles. The van der Waals surface area contributed by atoms with Gasteiger partial charge in [0, 0.05) is 24.5 Å². The number of aliphatic hydroxyl groups is 1. The van der Waals surface area contributed by atoms with Crippen molar-refractivity contribution in [2.75, 3.05) is 6.54 Å². The van der Waals surface area contributed by atoms with Gasteiger partial charge in [-0.05, 0) is 0 Å². The maximum absolute atomic E-state index is 12.4. The van der Waals surface area contributed by atoms with Crippen LogP contribution in [0.3, 0.4) is 0 Å². The van der Waals surface area contributed by atoms with E-state index in [1.54, 1.807) is 0 Å². The molecular formula is C7H8F3N3O. The van der Waals surface area contributed by atoms with Gasteiger partial charge in [0.15, 0.2) is 0 Å². The maximum atomic E-state index is 12.4. The van der Waals surface area contributed by atoms with E-state index in [0.29, 0.717) is 0 Å². The number of alkyl halides is 3. The quantitative estimate of drug-likeness (QED) is 0.725. The Labute approximate surface area is 77.6 Å². The minimum absolute atomic E-state index is 0.463. The monoisotopic (exact) mass is 207 g/mol. The maximum Gasteiger partial charge on any atom is 0.422 e. The average Bonchev–Trinajstić information content (AvgIpc) is 2.16. The summed E-state index contributed by atoms with van der Waals surface area (Å²) in [5.74, 6) is 0. The second-order valence-corrected chi connectivity index (χ2v) is 2.69. The van der Waals surface area contributed by atoms with Gasteiger partial charge in [0.05, 0.1) is 0 Å². The lowest BCUT2D eigenvalue weighted by Gasteiger charge is -2.28. The fourth-order valence-corrected chi connectivity index (χ4v) is 0.910. The summed E-state index contributed by atoms with van der Waals surface area (Å²) >= 11 is 0. The van der Waals surface area contributed by atoms with Crippen molar-refractivity contribution in [3.63, 3.8) is 0 Å². The number of aromatic nitrogens is 2. The van der Waals surface area contributed by atoms with Gasteiger partial charge in [0.25, 0.3) is 0 Å². The Kier molecular flexibility index (Phi) is 2.72. The Balaban J connectivity index is 3.15. The molecular weight excluding hydrogens is 199 g/mol. The summed E-state index contributed by atoms with van der Waals surface area (Å²) in [5.41, 5.74) is 1.36. The lowest BCUT2D eigenvalue weighted by Crippen LogP contribution is -2.48. The SMILES string of the molecule is NCC(O)(c1cncnc1)C(F)(F)F. The zero-order chi connectivity index (χ0) is 10.8. The van der Waals surface area contributed by atoms with Gasteiger partial charge in [-0.3, -0.25) is 0 Å². The summed E-state index contributed by atoms with van der Waals surface area (Å²) in [6, 6.07) is 0. The summed E-state index contributed by atoms with van der Waals surface area (Å²) in [6.07, 6.45) is -2.01. The predicted molar refractivity (Wildman–Crippen MR) is 41.0 cm³/mol. The van der Waals surface area contributed by atoms with Crippen LogP contribution in [0.4, 0.5) is 13.2 Å². The molecule has 0 radical (unpaired) electrons. The predicted octanol–water partition coefficient (Wildman–Crippen LogP) is 0.185. The van der Waals surface area contributed by atoms with Crippen molar-refractivity contribution < 1.29 is 18.3 Å². The minimum atomic E-state index is -4.84. The highest BCUT2D eigenvalue weighted by Crippen LogP contribution is 2.37. The first-order chi connectivity index (χ1) is 6.42. The van der Waals surface area contributed by atoms with Crippen LogP contribution in [0.5, 0.6) is 0 Å². The zero-order valence-electron chi connectivity index (χ0n) is 6.99. The third-order valence-corrected chi connectivity index (χ3v) is 1.80. The topological polar surface area (TPSA) is 72.0 Å². The first-order valence-electron chi connectivity index (χ1n) is 3.66. The number of halogens is 3. The van der Waals surface area contributed by atoms with Gasteiger partial charge in [0.2, 0.25) is 5.60 Å². The van der Waals surface area contributed by atoms with E-state index in [0.717, 1.165) is 18.7 Å².